The molecule has 0 saturated heterocycles. The first kappa shape index (κ1) is 16.4. The molecule has 1 aromatic carbocycles. The number of aliphatic hydroxyl groups is 1. The summed E-state index contributed by atoms with van der Waals surface area (Å²) in [5, 5.41) is 20.1. The van der Waals surface area contributed by atoms with Crippen LogP contribution in [0, 0.1) is 5.92 Å². The molecule has 0 aliphatic rings. The average molecular weight is 446 g/mol. The van der Waals surface area contributed by atoms with Gasteiger partial charge < -0.3 is 15.9 Å². The van der Waals surface area contributed by atoms with Crippen LogP contribution in [0.15, 0.2) is 19.5 Å². The summed E-state index contributed by atoms with van der Waals surface area (Å²) in [6.07, 6.45) is 0.176. The molecule has 0 aliphatic heterocycles. The molecule has 0 amide bonds. The van der Waals surface area contributed by atoms with E-state index in [1.165, 1.54) is 0 Å². The third-order valence-electron chi connectivity index (χ3n) is 3.11. The quantitative estimate of drug-likeness (QED) is 0.654. The predicted molar refractivity (Wildman–Crippen MR) is 83.6 cm³/mol. The molecule has 0 radical (unpaired) electrons. The molecule has 0 fully saturated rings. The van der Waals surface area contributed by atoms with Crippen LogP contribution in [0.2, 0.25) is 0 Å². The van der Waals surface area contributed by atoms with E-state index in [2.05, 4.69) is 47.8 Å². The second kappa shape index (κ2) is 6.70. The fourth-order valence-corrected chi connectivity index (χ4v) is 4.32. The van der Waals surface area contributed by atoms with Crippen LogP contribution in [0.3, 0.4) is 0 Å². The van der Waals surface area contributed by atoms with E-state index >= 15 is 0 Å². The van der Waals surface area contributed by atoms with Gasteiger partial charge in [0, 0.05) is 10.0 Å². The van der Waals surface area contributed by atoms with Crippen molar-refractivity contribution in [1.29, 1.82) is 0 Å². The Morgan fingerprint density at radius 3 is 2.33 bits per heavy atom. The van der Waals surface area contributed by atoms with Crippen molar-refractivity contribution < 1.29 is 10.2 Å². The fourth-order valence-electron chi connectivity index (χ4n) is 1.67. The van der Waals surface area contributed by atoms with E-state index in [1.807, 2.05) is 13.8 Å². The van der Waals surface area contributed by atoms with Crippen molar-refractivity contribution in [2.45, 2.75) is 32.4 Å². The molecule has 1 aromatic rings. The number of rotatable bonds is 4. The summed E-state index contributed by atoms with van der Waals surface area (Å²) in [6.45, 7) is 3.95. The van der Waals surface area contributed by atoms with Crippen LogP contribution < -0.4 is 5.73 Å². The Kier molecular flexibility index (Phi) is 6.12. The molecule has 3 nitrogen and oxygen atoms in total. The fraction of sp³-hybridized carbons (Fsp3) is 0.500. The average Bonchev–Trinajstić information content (AvgIpc) is 2.34. The number of halogens is 3. The van der Waals surface area contributed by atoms with Gasteiger partial charge in [-0.3, -0.25) is 0 Å². The number of aromatic hydroxyl groups is 1. The number of nitrogens with two attached hydrogens (primary N) is 1. The summed E-state index contributed by atoms with van der Waals surface area (Å²) in [4.78, 5) is 0. The molecule has 102 valence electrons. The van der Waals surface area contributed by atoms with E-state index in [0.29, 0.717) is 14.5 Å². The number of phenolic OH excluding ortho intramolecular Hbond substituents is 1. The number of benzene rings is 1. The monoisotopic (exact) mass is 443 g/mol. The summed E-state index contributed by atoms with van der Waals surface area (Å²) in [5.74, 6) is 0.171. The summed E-state index contributed by atoms with van der Waals surface area (Å²) < 4.78 is 1.81. The number of phenols is 1. The highest BCUT2D eigenvalue weighted by Crippen LogP contribution is 2.42. The van der Waals surface area contributed by atoms with Crippen LogP contribution in [0.25, 0.3) is 0 Å². The molecule has 1 rings (SSSR count). The standard InChI is InChI=1S/C12H16Br3NO2/c1-3-5(2)11(17)10(16)8-6(13)4-7(14)12(18)9(8)15/h4-5,10-11,17-18H,3,16H2,1-2H3/t5?,10-,11+/m1/s1. The Labute approximate surface area is 132 Å². The Hall–Kier alpha value is 0.380. The second-order valence-electron chi connectivity index (χ2n) is 4.32. The third-order valence-corrected chi connectivity index (χ3v) is 5.17. The lowest BCUT2D eigenvalue weighted by Gasteiger charge is -2.26. The van der Waals surface area contributed by atoms with Crippen molar-refractivity contribution in [3.05, 3.63) is 25.0 Å². The first-order valence-electron chi connectivity index (χ1n) is 5.61. The molecule has 3 atom stereocenters. The Balaban J connectivity index is 3.21. The lowest BCUT2D eigenvalue weighted by Crippen LogP contribution is -2.32. The highest BCUT2D eigenvalue weighted by atomic mass is 79.9. The van der Waals surface area contributed by atoms with Gasteiger partial charge in [0.15, 0.2) is 0 Å². The molecule has 0 aliphatic carbocycles. The molecular formula is C12H16Br3NO2. The van der Waals surface area contributed by atoms with E-state index in [-0.39, 0.29) is 11.7 Å². The van der Waals surface area contributed by atoms with E-state index in [9.17, 15) is 10.2 Å². The van der Waals surface area contributed by atoms with Crippen LogP contribution >= 0.6 is 47.8 Å². The molecule has 0 saturated carbocycles. The topological polar surface area (TPSA) is 66.5 Å². The van der Waals surface area contributed by atoms with Crippen molar-refractivity contribution in [2.75, 3.05) is 0 Å². The van der Waals surface area contributed by atoms with Crippen molar-refractivity contribution in [3.63, 3.8) is 0 Å². The number of hydrogen-bond donors (Lipinski definition) is 3. The maximum absolute atomic E-state index is 10.2. The molecule has 0 spiro atoms. The van der Waals surface area contributed by atoms with E-state index in [0.717, 1.165) is 10.9 Å². The summed E-state index contributed by atoms with van der Waals surface area (Å²) in [6, 6.07) is 1.15. The zero-order valence-corrected chi connectivity index (χ0v) is 14.9. The first-order valence-corrected chi connectivity index (χ1v) is 7.99. The number of aliphatic hydroxyl groups excluding tert-OH is 1. The van der Waals surface area contributed by atoms with Gasteiger partial charge >= 0.3 is 0 Å². The molecular weight excluding hydrogens is 430 g/mol. The Morgan fingerprint density at radius 1 is 1.28 bits per heavy atom. The van der Waals surface area contributed by atoms with Crippen molar-refractivity contribution in [2.24, 2.45) is 11.7 Å². The lowest BCUT2D eigenvalue weighted by molar-refractivity contribution is 0.0874. The van der Waals surface area contributed by atoms with E-state index < -0.39 is 12.1 Å². The Bertz CT molecular complexity index is 440. The van der Waals surface area contributed by atoms with E-state index in [1.54, 1.807) is 6.07 Å². The van der Waals surface area contributed by atoms with Crippen LogP contribution in [-0.2, 0) is 0 Å². The second-order valence-corrected chi connectivity index (χ2v) is 6.82. The van der Waals surface area contributed by atoms with Gasteiger partial charge in [-0.05, 0) is 43.8 Å². The van der Waals surface area contributed by atoms with Crippen molar-refractivity contribution >= 4 is 47.8 Å². The van der Waals surface area contributed by atoms with Crippen molar-refractivity contribution in [3.8, 4) is 5.75 Å². The maximum atomic E-state index is 10.2. The SMILES string of the molecule is CCC(C)[C@H](O)[C@H](N)c1c(Br)cc(Br)c(O)c1Br. The highest BCUT2D eigenvalue weighted by molar-refractivity contribution is 9.11. The highest BCUT2D eigenvalue weighted by Gasteiger charge is 2.27. The zero-order valence-electron chi connectivity index (χ0n) is 10.1. The lowest BCUT2D eigenvalue weighted by atomic mass is 9.91. The smallest absolute Gasteiger partial charge is 0.144 e. The van der Waals surface area contributed by atoms with Gasteiger partial charge in [0.2, 0.25) is 0 Å². The van der Waals surface area contributed by atoms with Crippen LogP contribution in [-0.4, -0.2) is 16.3 Å². The van der Waals surface area contributed by atoms with Gasteiger partial charge in [-0.2, -0.15) is 0 Å². The number of hydrogen-bond acceptors (Lipinski definition) is 3. The van der Waals surface area contributed by atoms with Gasteiger partial charge in [-0.15, -0.1) is 0 Å². The Morgan fingerprint density at radius 2 is 1.83 bits per heavy atom. The third kappa shape index (κ3) is 3.28. The van der Waals surface area contributed by atoms with Crippen LogP contribution in [0.5, 0.6) is 5.75 Å². The molecule has 0 aromatic heterocycles. The molecule has 0 bridgehead atoms. The van der Waals surface area contributed by atoms with Gasteiger partial charge in [-0.25, -0.2) is 0 Å². The zero-order chi connectivity index (χ0) is 14.0. The minimum Gasteiger partial charge on any atom is -0.506 e. The summed E-state index contributed by atoms with van der Waals surface area (Å²) in [7, 11) is 0. The first-order chi connectivity index (χ1) is 8.31. The van der Waals surface area contributed by atoms with Crippen LogP contribution in [0.1, 0.15) is 31.9 Å². The molecule has 1 unspecified atom stereocenters. The van der Waals surface area contributed by atoms with E-state index in [4.69, 9.17) is 5.73 Å². The minimum atomic E-state index is -0.664. The van der Waals surface area contributed by atoms with Gasteiger partial charge in [0.25, 0.3) is 0 Å². The minimum absolute atomic E-state index is 0.0833. The molecule has 18 heavy (non-hydrogen) atoms. The maximum Gasteiger partial charge on any atom is 0.144 e. The molecule has 4 N–H and O–H groups in total. The summed E-state index contributed by atoms with van der Waals surface area (Å²) >= 11 is 9.98. The van der Waals surface area contributed by atoms with Gasteiger partial charge in [0.05, 0.1) is 21.1 Å². The normalized spacial score (nSPS) is 16.4. The van der Waals surface area contributed by atoms with Crippen LogP contribution in [0.4, 0.5) is 0 Å². The molecule has 6 heteroatoms. The largest absolute Gasteiger partial charge is 0.506 e. The van der Waals surface area contributed by atoms with Crippen molar-refractivity contribution in [1.82, 2.24) is 0 Å². The summed E-state index contributed by atoms with van der Waals surface area (Å²) in [5.41, 5.74) is 6.77. The van der Waals surface area contributed by atoms with Gasteiger partial charge in [-0.1, -0.05) is 36.2 Å². The van der Waals surface area contributed by atoms with Gasteiger partial charge in [0.1, 0.15) is 5.75 Å². The molecule has 0 heterocycles. The predicted octanol–water partition coefficient (Wildman–Crippen LogP) is 4.09.